The summed E-state index contributed by atoms with van der Waals surface area (Å²) in [5.41, 5.74) is 7.65. The van der Waals surface area contributed by atoms with Gasteiger partial charge in [0.25, 0.3) is 0 Å². The van der Waals surface area contributed by atoms with Gasteiger partial charge in [-0.3, -0.25) is 0 Å². The smallest absolute Gasteiger partial charge is 0.0479 e. The van der Waals surface area contributed by atoms with Gasteiger partial charge in [-0.25, -0.2) is 0 Å². The predicted octanol–water partition coefficient (Wildman–Crippen LogP) is 3.08. The SMILES string of the molecule is CCC(C)Nc1ccc(N)cc1I. The average molecular weight is 290 g/mol. The van der Waals surface area contributed by atoms with E-state index in [9.17, 15) is 0 Å². The first kappa shape index (κ1) is 10.6. The zero-order valence-electron chi connectivity index (χ0n) is 7.97. The van der Waals surface area contributed by atoms with Crippen LogP contribution >= 0.6 is 22.6 Å². The van der Waals surface area contributed by atoms with Gasteiger partial charge in [0.15, 0.2) is 0 Å². The van der Waals surface area contributed by atoms with Crippen LogP contribution in [0.1, 0.15) is 20.3 Å². The number of rotatable bonds is 3. The van der Waals surface area contributed by atoms with Crippen molar-refractivity contribution in [1.82, 2.24) is 0 Å². The summed E-state index contributed by atoms with van der Waals surface area (Å²) < 4.78 is 1.18. The van der Waals surface area contributed by atoms with Crippen LogP contribution in [0.2, 0.25) is 0 Å². The maximum atomic E-state index is 5.66. The lowest BCUT2D eigenvalue weighted by Crippen LogP contribution is -2.14. The fourth-order valence-electron chi connectivity index (χ4n) is 1.02. The second kappa shape index (κ2) is 4.69. The van der Waals surface area contributed by atoms with Gasteiger partial charge >= 0.3 is 0 Å². The zero-order chi connectivity index (χ0) is 9.84. The van der Waals surface area contributed by atoms with Crippen LogP contribution < -0.4 is 11.1 Å². The maximum Gasteiger partial charge on any atom is 0.0479 e. The van der Waals surface area contributed by atoms with E-state index in [0.717, 1.165) is 12.1 Å². The van der Waals surface area contributed by atoms with Crippen LogP contribution in [0, 0.1) is 3.57 Å². The Balaban J connectivity index is 2.77. The van der Waals surface area contributed by atoms with Crippen LogP contribution in [0.25, 0.3) is 0 Å². The summed E-state index contributed by atoms with van der Waals surface area (Å²) in [6.07, 6.45) is 1.13. The van der Waals surface area contributed by atoms with Crippen molar-refractivity contribution in [2.75, 3.05) is 11.1 Å². The molecule has 0 aliphatic carbocycles. The largest absolute Gasteiger partial charge is 0.399 e. The van der Waals surface area contributed by atoms with E-state index < -0.39 is 0 Å². The van der Waals surface area contributed by atoms with Gasteiger partial charge in [0.1, 0.15) is 0 Å². The molecule has 0 saturated carbocycles. The Morgan fingerprint density at radius 1 is 1.54 bits per heavy atom. The van der Waals surface area contributed by atoms with Crippen molar-refractivity contribution >= 4 is 34.0 Å². The van der Waals surface area contributed by atoms with Crippen molar-refractivity contribution in [1.29, 1.82) is 0 Å². The Bertz CT molecular complexity index is 286. The van der Waals surface area contributed by atoms with Crippen molar-refractivity contribution in [3.63, 3.8) is 0 Å². The molecule has 0 amide bonds. The molecule has 0 aliphatic heterocycles. The zero-order valence-corrected chi connectivity index (χ0v) is 10.1. The minimum atomic E-state index is 0.511. The fourth-order valence-corrected chi connectivity index (χ4v) is 1.71. The van der Waals surface area contributed by atoms with Gasteiger partial charge in [-0.1, -0.05) is 6.92 Å². The first-order chi connectivity index (χ1) is 6.13. The number of nitrogens with one attached hydrogen (secondary N) is 1. The second-order valence-corrected chi connectivity index (χ2v) is 4.36. The summed E-state index contributed by atoms with van der Waals surface area (Å²) in [5.74, 6) is 0. The van der Waals surface area contributed by atoms with Gasteiger partial charge in [-0.05, 0) is 54.1 Å². The van der Waals surface area contributed by atoms with Gasteiger partial charge < -0.3 is 11.1 Å². The number of nitrogens with two attached hydrogens (primary N) is 1. The highest BCUT2D eigenvalue weighted by Gasteiger charge is 2.02. The van der Waals surface area contributed by atoms with E-state index in [0.29, 0.717) is 6.04 Å². The summed E-state index contributed by atoms with van der Waals surface area (Å²) in [4.78, 5) is 0. The number of nitrogen functional groups attached to an aromatic ring is 1. The van der Waals surface area contributed by atoms with Crippen LogP contribution in [-0.2, 0) is 0 Å². The molecule has 3 heteroatoms. The maximum absolute atomic E-state index is 5.66. The van der Waals surface area contributed by atoms with Crippen molar-refractivity contribution < 1.29 is 0 Å². The molecule has 0 radical (unpaired) electrons. The molecule has 0 bridgehead atoms. The van der Waals surface area contributed by atoms with Gasteiger partial charge in [0.2, 0.25) is 0 Å². The second-order valence-electron chi connectivity index (χ2n) is 3.19. The predicted molar refractivity (Wildman–Crippen MR) is 66.9 cm³/mol. The van der Waals surface area contributed by atoms with Crippen LogP contribution in [0.4, 0.5) is 11.4 Å². The lowest BCUT2D eigenvalue weighted by molar-refractivity contribution is 0.763. The van der Waals surface area contributed by atoms with Crippen molar-refractivity contribution in [2.24, 2.45) is 0 Å². The first-order valence-corrected chi connectivity index (χ1v) is 5.53. The number of benzene rings is 1. The van der Waals surface area contributed by atoms with E-state index in [1.165, 1.54) is 9.26 Å². The minimum absolute atomic E-state index is 0.511. The molecule has 1 aromatic carbocycles. The summed E-state index contributed by atoms with van der Waals surface area (Å²) in [6, 6.07) is 6.44. The third-order valence-corrected chi connectivity index (χ3v) is 2.90. The van der Waals surface area contributed by atoms with E-state index in [2.05, 4.69) is 41.8 Å². The highest BCUT2D eigenvalue weighted by Crippen LogP contribution is 2.21. The quantitative estimate of drug-likeness (QED) is 0.663. The summed E-state index contributed by atoms with van der Waals surface area (Å²) >= 11 is 2.29. The Morgan fingerprint density at radius 3 is 2.77 bits per heavy atom. The highest BCUT2D eigenvalue weighted by molar-refractivity contribution is 14.1. The third-order valence-electron chi connectivity index (χ3n) is 2.01. The van der Waals surface area contributed by atoms with Crippen LogP contribution in [-0.4, -0.2) is 6.04 Å². The molecule has 13 heavy (non-hydrogen) atoms. The number of hydrogen-bond acceptors (Lipinski definition) is 2. The van der Waals surface area contributed by atoms with Crippen molar-refractivity contribution in [3.05, 3.63) is 21.8 Å². The van der Waals surface area contributed by atoms with E-state index in [1.54, 1.807) is 0 Å². The monoisotopic (exact) mass is 290 g/mol. The molecule has 1 atom stereocenters. The summed E-state index contributed by atoms with van der Waals surface area (Å²) in [5, 5.41) is 3.42. The number of hydrogen-bond donors (Lipinski definition) is 2. The minimum Gasteiger partial charge on any atom is -0.399 e. The van der Waals surface area contributed by atoms with Crippen molar-refractivity contribution in [2.45, 2.75) is 26.3 Å². The van der Waals surface area contributed by atoms with E-state index in [4.69, 9.17) is 5.73 Å². The molecule has 0 fully saturated rings. The van der Waals surface area contributed by atoms with E-state index in [1.807, 2.05) is 18.2 Å². The topological polar surface area (TPSA) is 38.0 Å². The Kier molecular flexibility index (Phi) is 3.84. The van der Waals surface area contributed by atoms with Gasteiger partial charge in [-0.2, -0.15) is 0 Å². The molecule has 2 nitrogen and oxygen atoms in total. The molecule has 0 aromatic heterocycles. The van der Waals surface area contributed by atoms with Crippen LogP contribution in [0.3, 0.4) is 0 Å². The van der Waals surface area contributed by atoms with E-state index >= 15 is 0 Å². The Morgan fingerprint density at radius 2 is 2.23 bits per heavy atom. The standard InChI is InChI=1S/C10H15IN2/c1-3-7(2)13-10-5-4-8(12)6-9(10)11/h4-7,13H,3,12H2,1-2H3. The fraction of sp³-hybridized carbons (Fsp3) is 0.400. The molecule has 0 saturated heterocycles. The summed E-state index contributed by atoms with van der Waals surface area (Å²) in [6.45, 7) is 4.34. The Hall–Kier alpha value is -0.450. The molecule has 1 unspecified atom stereocenters. The molecular weight excluding hydrogens is 275 g/mol. The summed E-state index contributed by atoms with van der Waals surface area (Å²) in [7, 11) is 0. The van der Waals surface area contributed by atoms with Crippen LogP contribution in [0.15, 0.2) is 18.2 Å². The molecule has 1 rings (SSSR count). The van der Waals surface area contributed by atoms with Crippen molar-refractivity contribution in [3.8, 4) is 0 Å². The van der Waals surface area contributed by atoms with Gasteiger partial charge in [-0.15, -0.1) is 0 Å². The average Bonchev–Trinajstić information content (AvgIpc) is 2.09. The first-order valence-electron chi connectivity index (χ1n) is 4.45. The molecule has 1 aromatic rings. The van der Waals surface area contributed by atoms with E-state index in [-0.39, 0.29) is 0 Å². The number of anilines is 2. The molecule has 0 aliphatic rings. The highest BCUT2D eigenvalue weighted by atomic mass is 127. The van der Waals surface area contributed by atoms with Crippen LogP contribution in [0.5, 0.6) is 0 Å². The molecule has 0 heterocycles. The molecule has 0 spiro atoms. The third kappa shape index (κ3) is 3.06. The molecular formula is C10H15IN2. The van der Waals surface area contributed by atoms with Gasteiger partial charge in [0, 0.05) is 21.0 Å². The van der Waals surface area contributed by atoms with Gasteiger partial charge in [0.05, 0.1) is 0 Å². The molecule has 3 N–H and O–H groups in total. The molecule has 72 valence electrons. The Labute approximate surface area is 93.0 Å². The lowest BCUT2D eigenvalue weighted by atomic mass is 10.2. The lowest BCUT2D eigenvalue weighted by Gasteiger charge is -2.14. The normalized spacial score (nSPS) is 12.5. The number of halogens is 1.